The zero-order valence-corrected chi connectivity index (χ0v) is 26.4. The van der Waals surface area contributed by atoms with Gasteiger partial charge in [-0.25, -0.2) is 19.9 Å². The maximum Gasteiger partial charge on any atom is 0.310 e. The average Bonchev–Trinajstić information content (AvgIpc) is 2.94. The molecule has 1 unspecified atom stereocenters. The second kappa shape index (κ2) is 11.3. The molecule has 0 saturated heterocycles. The van der Waals surface area contributed by atoms with Crippen LogP contribution in [0.1, 0.15) is 73.2 Å². The number of nitrogens with zero attached hydrogens (tertiary/aromatic N) is 4. The smallest absolute Gasteiger partial charge is 0.310 e. The van der Waals surface area contributed by atoms with E-state index in [-0.39, 0.29) is 0 Å². The van der Waals surface area contributed by atoms with Crippen LogP contribution < -0.4 is 9.47 Å². The Kier molecular flexibility index (Phi) is 8.02. The van der Waals surface area contributed by atoms with Gasteiger partial charge in [-0.3, -0.25) is 9.59 Å². The van der Waals surface area contributed by atoms with E-state index in [2.05, 4.69) is 19.9 Å². The van der Waals surface area contributed by atoms with Crippen LogP contribution in [0.4, 0.5) is 0 Å². The highest BCUT2D eigenvalue weighted by molar-refractivity contribution is 6.29. The van der Waals surface area contributed by atoms with Crippen molar-refractivity contribution in [1.82, 2.24) is 19.9 Å². The number of rotatable bonds is 4. The number of carboxylic acid groups (broad SMARTS) is 2. The van der Waals surface area contributed by atoms with E-state index < -0.39 is 34.6 Å². The molecule has 0 aromatic carbocycles. The molecule has 44 heavy (non-hydrogen) atoms. The predicted octanol–water partition coefficient (Wildman–Crippen LogP) is 7.57. The van der Waals surface area contributed by atoms with E-state index in [1.807, 2.05) is 38.1 Å². The van der Waals surface area contributed by atoms with Crippen molar-refractivity contribution in [1.29, 1.82) is 0 Å². The van der Waals surface area contributed by atoms with Crippen molar-refractivity contribution in [2.24, 2.45) is 10.8 Å². The third-order valence-corrected chi connectivity index (χ3v) is 8.37. The lowest BCUT2D eigenvalue weighted by Gasteiger charge is -2.35. The van der Waals surface area contributed by atoms with Gasteiger partial charge >= 0.3 is 11.9 Å². The minimum Gasteiger partial charge on any atom is -0.481 e. The minimum atomic E-state index is -1.04. The van der Waals surface area contributed by atoms with E-state index in [9.17, 15) is 19.8 Å². The van der Waals surface area contributed by atoms with Crippen molar-refractivity contribution < 1.29 is 29.3 Å². The van der Waals surface area contributed by atoms with Crippen molar-refractivity contribution in [2.45, 2.75) is 53.4 Å². The number of carboxylic acids is 2. The third kappa shape index (κ3) is 5.55. The Morgan fingerprint density at radius 2 is 0.886 bits per heavy atom. The van der Waals surface area contributed by atoms with E-state index in [1.54, 1.807) is 52.0 Å². The second-order valence-corrected chi connectivity index (χ2v) is 12.6. The van der Waals surface area contributed by atoms with Gasteiger partial charge in [0.2, 0.25) is 23.5 Å². The Bertz CT molecular complexity index is 1580. The number of aryl methyl sites for hydroxylation is 2. The first-order chi connectivity index (χ1) is 20.6. The molecular weight excluding hydrogens is 607 g/mol. The Balaban J connectivity index is 0.000000175. The highest BCUT2D eigenvalue weighted by Gasteiger charge is 2.46. The molecule has 2 atom stereocenters. The van der Waals surface area contributed by atoms with Crippen molar-refractivity contribution in [3.8, 4) is 23.5 Å². The second-order valence-electron chi connectivity index (χ2n) is 11.9. The summed E-state index contributed by atoms with van der Waals surface area (Å²) in [4.78, 5) is 40.6. The number of fused-ring (bicyclic) bond motifs is 4. The largest absolute Gasteiger partial charge is 0.481 e. The average molecular weight is 638 g/mol. The van der Waals surface area contributed by atoms with Crippen LogP contribution in [0, 0.1) is 24.7 Å². The molecule has 6 heterocycles. The van der Waals surface area contributed by atoms with Crippen LogP contribution in [0.2, 0.25) is 10.3 Å². The number of aliphatic carboxylic acids is 2. The lowest BCUT2D eigenvalue weighted by Crippen LogP contribution is -2.34. The SMILES string of the molecule is Cc1ccc2c(n1)Oc1nc(Cl)ccc1C2C(C)(C)C(=O)O.Cc1ccc2c(n1)Oc1nc(Cl)ccc1[C@H]2C(C)(C)C(=O)O. The number of ether oxygens (including phenoxy) is 2. The normalized spacial score (nSPS) is 16.5. The van der Waals surface area contributed by atoms with Crippen LogP contribution in [0.5, 0.6) is 23.5 Å². The monoisotopic (exact) mass is 636 g/mol. The molecule has 10 nitrogen and oxygen atoms in total. The molecule has 4 aromatic heterocycles. The van der Waals surface area contributed by atoms with Crippen molar-refractivity contribution in [3.05, 3.63) is 92.5 Å². The summed E-state index contributed by atoms with van der Waals surface area (Å²) in [7, 11) is 0. The van der Waals surface area contributed by atoms with Gasteiger partial charge in [0.05, 0.1) is 10.8 Å². The number of halogens is 2. The number of hydrogen-bond acceptors (Lipinski definition) is 8. The van der Waals surface area contributed by atoms with Gasteiger partial charge in [0.1, 0.15) is 10.3 Å². The van der Waals surface area contributed by atoms with Gasteiger partial charge in [-0.05, 0) is 77.9 Å². The predicted molar refractivity (Wildman–Crippen MR) is 163 cm³/mol. The maximum absolute atomic E-state index is 11.8. The highest BCUT2D eigenvalue weighted by atomic mass is 35.5. The number of pyridine rings is 4. The summed E-state index contributed by atoms with van der Waals surface area (Å²) in [6.07, 6.45) is 0. The quantitative estimate of drug-likeness (QED) is 0.215. The first kappa shape index (κ1) is 31.2. The molecule has 4 aromatic rings. The van der Waals surface area contributed by atoms with Crippen LogP contribution in [-0.4, -0.2) is 42.1 Å². The van der Waals surface area contributed by atoms with Gasteiger partial charge in [0, 0.05) is 45.5 Å². The molecule has 2 aliphatic rings. The summed E-state index contributed by atoms with van der Waals surface area (Å²) in [5, 5.41) is 19.9. The molecule has 2 N–H and O–H groups in total. The lowest BCUT2D eigenvalue weighted by molar-refractivity contribution is -0.148. The van der Waals surface area contributed by atoms with E-state index in [4.69, 9.17) is 32.7 Å². The summed E-state index contributed by atoms with van der Waals surface area (Å²) in [5.41, 5.74) is 2.39. The highest BCUT2D eigenvalue weighted by Crippen LogP contribution is 2.52. The standard InChI is InChI=1S/2C16H15ClN2O3/c2*1-8-4-5-9-12(16(2,3)15(20)21)10-6-7-11(17)19-14(10)22-13(9)18-8/h2*4-7,12H,1-3H3,(H,20,21)/t12-;/m0./s1. The first-order valence-corrected chi connectivity index (χ1v) is 14.5. The van der Waals surface area contributed by atoms with Gasteiger partial charge < -0.3 is 19.7 Å². The molecular formula is C32H30Cl2N4O6. The van der Waals surface area contributed by atoms with Crippen molar-refractivity contribution in [2.75, 3.05) is 0 Å². The Morgan fingerprint density at radius 3 is 1.20 bits per heavy atom. The fourth-order valence-electron chi connectivity index (χ4n) is 5.47. The molecule has 6 rings (SSSR count). The topological polar surface area (TPSA) is 145 Å². The zero-order chi connectivity index (χ0) is 32.1. The van der Waals surface area contributed by atoms with Crippen LogP contribution in [0.15, 0.2) is 48.5 Å². The van der Waals surface area contributed by atoms with E-state index in [0.29, 0.717) is 45.0 Å². The van der Waals surface area contributed by atoms with Crippen molar-refractivity contribution in [3.63, 3.8) is 0 Å². The number of aromatic nitrogens is 4. The summed E-state index contributed by atoms with van der Waals surface area (Å²) in [5.74, 6) is -1.21. The molecule has 0 amide bonds. The van der Waals surface area contributed by atoms with Gasteiger partial charge in [0.25, 0.3) is 0 Å². The van der Waals surface area contributed by atoms with E-state index in [1.165, 1.54) is 0 Å². The summed E-state index contributed by atoms with van der Waals surface area (Å²) in [6.45, 7) is 10.4. The van der Waals surface area contributed by atoms with Gasteiger partial charge in [-0.1, -0.05) is 35.3 Å². The maximum atomic E-state index is 11.8. The summed E-state index contributed by atoms with van der Waals surface area (Å²) in [6, 6.07) is 14.2. The molecule has 228 valence electrons. The Labute approximate surface area is 264 Å². The van der Waals surface area contributed by atoms with Crippen molar-refractivity contribution >= 4 is 35.1 Å². The van der Waals surface area contributed by atoms with Crippen LogP contribution in [-0.2, 0) is 9.59 Å². The molecule has 0 radical (unpaired) electrons. The molecule has 2 aliphatic heterocycles. The number of hydrogen-bond donors (Lipinski definition) is 2. The molecule has 0 fully saturated rings. The summed E-state index contributed by atoms with van der Waals surface area (Å²) >= 11 is 11.9. The van der Waals surface area contributed by atoms with Crippen LogP contribution >= 0.6 is 23.2 Å². The van der Waals surface area contributed by atoms with E-state index >= 15 is 0 Å². The van der Waals surface area contributed by atoms with Crippen LogP contribution in [0.25, 0.3) is 0 Å². The molecule has 0 bridgehead atoms. The molecule has 0 aliphatic carbocycles. The zero-order valence-electron chi connectivity index (χ0n) is 24.8. The Morgan fingerprint density at radius 1 is 0.591 bits per heavy atom. The van der Waals surface area contributed by atoms with Gasteiger partial charge in [0.15, 0.2) is 0 Å². The Hall–Kier alpha value is -4.28. The molecule has 12 heteroatoms. The molecule has 0 spiro atoms. The minimum absolute atomic E-state index is 0.293. The number of carbonyl (C=O) groups is 2. The fourth-order valence-corrected chi connectivity index (χ4v) is 5.75. The van der Waals surface area contributed by atoms with Gasteiger partial charge in [-0.2, -0.15) is 0 Å². The fraction of sp³-hybridized carbons (Fsp3) is 0.312. The lowest BCUT2D eigenvalue weighted by atomic mass is 9.71. The van der Waals surface area contributed by atoms with Crippen LogP contribution in [0.3, 0.4) is 0 Å². The summed E-state index contributed by atoms with van der Waals surface area (Å²) < 4.78 is 11.5. The van der Waals surface area contributed by atoms with Gasteiger partial charge in [-0.15, -0.1) is 0 Å². The molecule has 0 saturated carbocycles. The first-order valence-electron chi connectivity index (χ1n) is 13.7. The third-order valence-electron chi connectivity index (χ3n) is 7.95. The van der Waals surface area contributed by atoms with E-state index in [0.717, 1.165) is 22.5 Å².